The molecule has 0 radical (unpaired) electrons. The standard InChI is InChI=1S/C18H21N2O.C6H8B/c21-18(14-20-10-7-19(8-11-20)9-12-20)17-6-5-15-3-1-2-4-16(15)13-17;7-6-4-2-1-3-5-6/h1-6,13H,7-12,14H2;1-5H,7H3/q+1;-1. The van der Waals surface area contributed by atoms with Gasteiger partial charge >= 0.3 is 0 Å². The van der Waals surface area contributed by atoms with Gasteiger partial charge in [-0.1, -0.05) is 66.7 Å². The third-order valence-corrected chi connectivity index (χ3v) is 5.83. The van der Waals surface area contributed by atoms with Crippen LogP contribution in [0, 0.1) is 0 Å². The summed E-state index contributed by atoms with van der Waals surface area (Å²) in [5.41, 5.74) is 2.44. The summed E-state index contributed by atoms with van der Waals surface area (Å²) in [5.74, 6) is 0.302. The van der Waals surface area contributed by atoms with Gasteiger partial charge in [0.2, 0.25) is 5.78 Å². The van der Waals surface area contributed by atoms with Crippen LogP contribution in [0.25, 0.3) is 10.8 Å². The summed E-state index contributed by atoms with van der Waals surface area (Å²) < 4.78 is 1.00. The maximum Gasteiger partial charge on any atom is 0.216 e. The van der Waals surface area contributed by atoms with Crippen molar-refractivity contribution < 1.29 is 9.28 Å². The molecule has 0 N–H and O–H groups in total. The minimum absolute atomic E-state index is 0.302. The number of carbonyl (C=O) groups is 1. The minimum Gasteiger partial charge on any atom is -0.314 e. The van der Waals surface area contributed by atoms with Gasteiger partial charge in [-0.25, -0.2) is 5.46 Å². The van der Waals surface area contributed by atoms with Gasteiger partial charge in [0.1, 0.15) is 6.54 Å². The minimum atomic E-state index is 0.302. The summed E-state index contributed by atoms with van der Waals surface area (Å²) in [6, 6.07) is 25.0. The van der Waals surface area contributed by atoms with Crippen LogP contribution in [0.4, 0.5) is 0 Å². The van der Waals surface area contributed by atoms with E-state index >= 15 is 0 Å². The third kappa shape index (κ3) is 4.35. The molecular weight excluding hydrogens is 343 g/mol. The Morgan fingerprint density at radius 3 is 2.04 bits per heavy atom. The molecular formula is C24H29BN2O. The average Bonchev–Trinajstić information content (AvgIpc) is 2.75. The lowest BCUT2D eigenvalue weighted by Crippen LogP contribution is -2.68. The maximum absolute atomic E-state index is 12.7. The normalized spacial score (nSPS) is 23.1. The van der Waals surface area contributed by atoms with Crippen LogP contribution in [0.2, 0.25) is 0 Å². The van der Waals surface area contributed by atoms with E-state index in [4.69, 9.17) is 0 Å². The number of benzene rings is 3. The highest BCUT2D eigenvalue weighted by Crippen LogP contribution is 2.22. The fourth-order valence-electron chi connectivity index (χ4n) is 4.07. The van der Waals surface area contributed by atoms with Crippen molar-refractivity contribution in [2.45, 2.75) is 0 Å². The smallest absolute Gasteiger partial charge is 0.216 e. The van der Waals surface area contributed by atoms with Crippen molar-refractivity contribution in [3.05, 3.63) is 78.4 Å². The van der Waals surface area contributed by atoms with Crippen LogP contribution >= 0.6 is 0 Å². The van der Waals surface area contributed by atoms with E-state index in [9.17, 15) is 4.79 Å². The predicted octanol–water partition coefficient (Wildman–Crippen LogP) is 1.85. The molecule has 0 unspecified atom stereocenters. The highest BCUT2D eigenvalue weighted by atomic mass is 16.1. The lowest BCUT2D eigenvalue weighted by molar-refractivity contribution is -0.933. The molecule has 3 saturated heterocycles. The molecule has 6 rings (SSSR count). The Morgan fingerprint density at radius 2 is 1.43 bits per heavy atom. The van der Waals surface area contributed by atoms with Crippen LogP contribution in [0.5, 0.6) is 0 Å². The molecule has 0 spiro atoms. The number of carbonyl (C=O) groups excluding carboxylic acids is 1. The molecule has 2 bridgehead atoms. The summed E-state index contributed by atoms with van der Waals surface area (Å²) >= 11 is 0. The van der Waals surface area contributed by atoms with Crippen LogP contribution in [-0.4, -0.2) is 68.8 Å². The number of Topliss-reactive ketones (excluding diaryl/α,β-unsaturated/α-hetero) is 1. The zero-order valence-electron chi connectivity index (χ0n) is 15.7. The third-order valence-electron chi connectivity index (χ3n) is 5.83. The van der Waals surface area contributed by atoms with Gasteiger partial charge in [-0.05, 0) is 24.7 Å². The molecule has 3 aliphatic heterocycles. The highest BCUT2D eigenvalue weighted by molar-refractivity contribution is 6.32. The Hall–Kier alpha value is -2.43. The van der Waals surface area contributed by atoms with Crippen molar-refractivity contribution in [1.29, 1.82) is 0 Å². The Kier molecular flexibility index (Phi) is 5.60. The van der Waals surface area contributed by atoms with E-state index in [0.29, 0.717) is 20.2 Å². The molecule has 0 aliphatic carbocycles. The van der Waals surface area contributed by atoms with Crippen molar-refractivity contribution >= 4 is 29.9 Å². The largest absolute Gasteiger partial charge is 0.314 e. The first kappa shape index (κ1) is 18.9. The van der Waals surface area contributed by atoms with Crippen LogP contribution in [0.3, 0.4) is 0 Å². The summed E-state index contributed by atoms with van der Waals surface area (Å²) in [6.45, 7) is 7.56. The topological polar surface area (TPSA) is 20.3 Å². The van der Waals surface area contributed by atoms with Crippen molar-refractivity contribution in [2.75, 3.05) is 45.8 Å². The molecule has 0 amide bonds. The monoisotopic (exact) mass is 372 g/mol. The molecule has 0 saturated carbocycles. The zero-order chi connectivity index (χ0) is 19.4. The Labute approximate surface area is 168 Å². The SMILES string of the molecule is O=C(C[N+]12CCN(CC1)CC2)c1ccc2ccccc2c1.[BH3-]c1ccccc1. The van der Waals surface area contributed by atoms with Crippen molar-refractivity contribution in [2.24, 2.45) is 0 Å². The van der Waals surface area contributed by atoms with Gasteiger partial charge in [-0.15, -0.1) is 0 Å². The molecule has 3 heterocycles. The number of nitrogens with zero attached hydrogens (tertiary/aromatic N) is 2. The number of fused-ring (bicyclic) bond motifs is 4. The lowest BCUT2D eigenvalue weighted by Gasteiger charge is -2.50. The lowest BCUT2D eigenvalue weighted by atomic mass is 9.97. The summed E-state index contributed by atoms with van der Waals surface area (Å²) in [6.07, 6.45) is 0. The molecule has 28 heavy (non-hydrogen) atoms. The van der Waals surface area contributed by atoms with Crippen molar-refractivity contribution in [1.82, 2.24) is 4.90 Å². The van der Waals surface area contributed by atoms with Crippen LogP contribution < -0.4 is 5.46 Å². The first-order valence-corrected chi connectivity index (χ1v) is 9.75. The maximum atomic E-state index is 12.7. The Balaban J connectivity index is 0.000000233. The van der Waals surface area contributed by atoms with Gasteiger partial charge in [-0.3, -0.25) is 9.69 Å². The fourth-order valence-corrected chi connectivity index (χ4v) is 4.07. The van der Waals surface area contributed by atoms with Crippen LogP contribution in [-0.2, 0) is 0 Å². The predicted molar refractivity (Wildman–Crippen MR) is 120 cm³/mol. The molecule has 144 valence electrons. The number of ketones is 1. The van der Waals surface area contributed by atoms with Crippen molar-refractivity contribution in [3.8, 4) is 0 Å². The fraction of sp³-hybridized carbons (Fsp3) is 0.292. The molecule has 3 aliphatic rings. The summed E-state index contributed by atoms with van der Waals surface area (Å²) in [7, 11) is 0.446. The molecule has 0 atom stereocenters. The number of hydrogen-bond donors (Lipinski definition) is 0. The van der Waals surface area contributed by atoms with Gasteiger partial charge < -0.3 is 4.48 Å². The van der Waals surface area contributed by atoms with E-state index in [2.05, 4.69) is 59.5 Å². The Morgan fingerprint density at radius 1 is 0.821 bits per heavy atom. The summed E-state index contributed by atoms with van der Waals surface area (Å²) in [4.78, 5) is 15.2. The number of rotatable bonds is 3. The number of piperazine rings is 3. The first-order chi connectivity index (χ1) is 13.6. The highest BCUT2D eigenvalue weighted by Gasteiger charge is 2.39. The second-order valence-corrected chi connectivity index (χ2v) is 7.57. The number of hydrogen-bond acceptors (Lipinski definition) is 2. The zero-order valence-corrected chi connectivity index (χ0v) is 15.7. The van der Waals surface area contributed by atoms with Gasteiger partial charge in [0.05, 0.1) is 19.6 Å². The van der Waals surface area contributed by atoms with Crippen LogP contribution in [0.1, 0.15) is 10.4 Å². The van der Waals surface area contributed by atoms with E-state index in [0.717, 1.165) is 54.7 Å². The second kappa shape index (κ2) is 8.30. The van der Waals surface area contributed by atoms with Gasteiger partial charge in [-0.2, -0.15) is 0 Å². The van der Waals surface area contributed by atoms with Crippen LogP contribution in [0.15, 0.2) is 72.8 Å². The molecule has 3 aromatic carbocycles. The van der Waals surface area contributed by atoms with E-state index in [1.54, 1.807) is 5.46 Å². The Bertz CT molecular complexity index is 935. The molecule has 0 aromatic heterocycles. The molecule has 3 fully saturated rings. The first-order valence-electron chi connectivity index (χ1n) is 9.75. The van der Waals surface area contributed by atoms with Gasteiger partial charge in [0.25, 0.3) is 0 Å². The molecule has 4 heteroatoms. The van der Waals surface area contributed by atoms with E-state index in [1.807, 2.05) is 18.2 Å². The quantitative estimate of drug-likeness (QED) is 0.397. The molecule has 3 nitrogen and oxygen atoms in total. The second-order valence-electron chi connectivity index (χ2n) is 7.57. The van der Waals surface area contributed by atoms with E-state index in [1.165, 1.54) is 5.39 Å². The van der Waals surface area contributed by atoms with Gasteiger partial charge in [0.15, 0.2) is 0 Å². The van der Waals surface area contributed by atoms with Crippen molar-refractivity contribution in [3.63, 3.8) is 0 Å². The average molecular weight is 372 g/mol. The van der Waals surface area contributed by atoms with E-state index in [-0.39, 0.29) is 0 Å². The molecule has 3 aromatic rings. The summed E-state index contributed by atoms with van der Waals surface area (Å²) in [5, 5.41) is 2.36. The number of quaternary nitrogens is 1. The van der Waals surface area contributed by atoms with E-state index < -0.39 is 0 Å². The van der Waals surface area contributed by atoms with Gasteiger partial charge in [0, 0.05) is 25.2 Å².